The lowest BCUT2D eigenvalue weighted by atomic mass is 10.2. The lowest BCUT2D eigenvalue weighted by Crippen LogP contribution is -2.27. The first kappa shape index (κ1) is 16.6. The van der Waals surface area contributed by atoms with Crippen molar-refractivity contribution < 1.29 is 8.42 Å². The normalized spacial score (nSPS) is 11.9. The van der Waals surface area contributed by atoms with Crippen LogP contribution >= 0.6 is 34.8 Å². The third-order valence-electron chi connectivity index (χ3n) is 2.88. The van der Waals surface area contributed by atoms with Crippen molar-refractivity contribution in [2.75, 3.05) is 7.05 Å². The largest absolute Gasteiger partial charge is 0.246 e. The molecule has 0 spiro atoms. The summed E-state index contributed by atoms with van der Waals surface area (Å²) in [5, 5.41) is 0.745. The first-order chi connectivity index (χ1) is 9.82. The molecular weight excluding hydrogens is 353 g/mol. The molecule has 2 rings (SSSR count). The summed E-state index contributed by atoms with van der Waals surface area (Å²) in [6.45, 7) is 0.171. The highest BCUT2D eigenvalue weighted by molar-refractivity contribution is 7.89. The van der Waals surface area contributed by atoms with Crippen LogP contribution in [0.4, 0.5) is 0 Å². The summed E-state index contributed by atoms with van der Waals surface area (Å²) in [4.78, 5) is -0.0853. The number of hydrogen-bond donors (Lipinski definition) is 0. The average molecular weight is 365 g/mol. The monoisotopic (exact) mass is 363 g/mol. The van der Waals surface area contributed by atoms with Gasteiger partial charge in [0.1, 0.15) is 4.90 Å². The number of nitrogens with zero attached hydrogens (tertiary/aromatic N) is 1. The summed E-state index contributed by atoms with van der Waals surface area (Å²) in [5.41, 5.74) is 0.775. The first-order valence-corrected chi connectivity index (χ1v) is 8.54. The van der Waals surface area contributed by atoms with Crippen molar-refractivity contribution in [1.82, 2.24) is 4.31 Å². The van der Waals surface area contributed by atoms with Crippen molar-refractivity contribution in [3.05, 3.63) is 63.1 Å². The molecule has 21 heavy (non-hydrogen) atoms. The van der Waals surface area contributed by atoms with E-state index in [0.717, 1.165) is 5.56 Å². The SMILES string of the molecule is CN(Cc1cccc(Cl)c1)S(=O)(=O)c1c(Cl)cccc1Cl. The number of sulfonamides is 1. The molecule has 0 saturated carbocycles. The predicted octanol–water partition coefficient (Wildman–Crippen LogP) is 4.47. The maximum Gasteiger partial charge on any atom is 0.246 e. The third kappa shape index (κ3) is 3.71. The molecule has 0 aliphatic rings. The summed E-state index contributed by atoms with van der Waals surface area (Å²) in [7, 11) is -2.32. The van der Waals surface area contributed by atoms with E-state index < -0.39 is 10.0 Å². The van der Waals surface area contributed by atoms with E-state index in [0.29, 0.717) is 5.02 Å². The Morgan fingerprint density at radius 2 is 1.57 bits per heavy atom. The molecule has 7 heteroatoms. The van der Waals surface area contributed by atoms with Gasteiger partial charge in [0.05, 0.1) is 10.0 Å². The summed E-state index contributed by atoms with van der Waals surface area (Å²) in [6, 6.07) is 11.6. The molecule has 2 aromatic carbocycles. The standard InChI is InChI=1S/C14H12Cl3NO2S/c1-18(9-10-4-2-5-11(15)8-10)21(19,20)14-12(16)6-3-7-13(14)17/h2-8H,9H2,1H3. The first-order valence-electron chi connectivity index (χ1n) is 5.97. The summed E-state index contributed by atoms with van der Waals surface area (Å²) in [5.74, 6) is 0. The van der Waals surface area contributed by atoms with Gasteiger partial charge in [-0.15, -0.1) is 0 Å². The Hall–Kier alpha value is -0.780. The second-order valence-corrected chi connectivity index (χ2v) is 7.67. The van der Waals surface area contributed by atoms with E-state index >= 15 is 0 Å². The number of benzene rings is 2. The minimum atomic E-state index is -3.79. The Labute approximate surface area is 139 Å². The highest BCUT2D eigenvalue weighted by Gasteiger charge is 2.26. The number of hydrogen-bond acceptors (Lipinski definition) is 2. The summed E-state index contributed by atoms with van der Waals surface area (Å²) < 4.78 is 26.4. The Kier molecular flexibility index (Phi) is 5.17. The molecule has 0 amide bonds. The van der Waals surface area contributed by atoms with Crippen LogP contribution in [-0.2, 0) is 16.6 Å². The van der Waals surface area contributed by atoms with Crippen LogP contribution in [0.5, 0.6) is 0 Å². The molecule has 0 fully saturated rings. The van der Waals surface area contributed by atoms with Crippen molar-refractivity contribution in [1.29, 1.82) is 0 Å². The lowest BCUT2D eigenvalue weighted by molar-refractivity contribution is 0.467. The topological polar surface area (TPSA) is 37.4 Å². The Morgan fingerprint density at radius 1 is 1.00 bits per heavy atom. The second-order valence-electron chi connectivity index (χ2n) is 4.44. The highest BCUT2D eigenvalue weighted by atomic mass is 35.5. The fourth-order valence-corrected chi connectivity index (χ4v) is 4.32. The third-order valence-corrected chi connectivity index (χ3v) is 5.88. The molecule has 0 aliphatic heterocycles. The van der Waals surface area contributed by atoms with Gasteiger partial charge < -0.3 is 0 Å². The molecule has 2 aromatic rings. The molecule has 0 heterocycles. The summed E-state index contributed by atoms with van der Waals surface area (Å²) in [6.07, 6.45) is 0. The maximum atomic E-state index is 12.6. The van der Waals surface area contributed by atoms with Gasteiger partial charge in [-0.1, -0.05) is 53.0 Å². The van der Waals surface area contributed by atoms with E-state index in [9.17, 15) is 8.42 Å². The van der Waals surface area contributed by atoms with E-state index in [2.05, 4.69) is 0 Å². The fourth-order valence-electron chi connectivity index (χ4n) is 1.86. The van der Waals surface area contributed by atoms with Crippen LogP contribution in [0.25, 0.3) is 0 Å². The van der Waals surface area contributed by atoms with Gasteiger partial charge in [0.15, 0.2) is 0 Å². The van der Waals surface area contributed by atoms with Crippen LogP contribution in [0.3, 0.4) is 0 Å². The quantitative estimate of drug-likeness (QED) is 0.803. The smallest absolute Gasteiger partial charge is 0.207 e. The Morgan fingerprint density at radius 3 is 2.14 bits per heavy atom. The van der Waals surface area contributed by atoms with Gasteiger partial charge in [-0.05, 0) is 29.8 Å². The van der Waals surface area contributed by atoms with Crippen LogP contribution in [0.2, 0.25) is 15.1 Å². The molecule has 0 unspecified atom stereocenters. The van der Waals surface area contributed by atoms with Crippen LogP contribution in [0.1, 0.15) is 5.56 Å². The van der Waals surface area contributed by atoms with Crippen molar-refractivity contribution in [2.45, 2.75) is 11.4 Å². The van der Waals surface area contributed by atoms with Gasteiger partial charge in [-0.2, -0.15) is 4.31 Å². The minimum absolute atomic E-state index is 0.0853. The zero-order chi connectivity index (χ0) is 15.6. The minimum Gasteiger partial charge on any atom is -0.207 e. The molecule has 112 valence electrons. The maximum absolute atomic E-state index is 12.6. The molecule has 0 aromatic heterocycles. The van der Waals surface area contributed by atoms with E-state index in [1.54, 1.807) is 30.3 Å². The Bertz CT molecular complexity index is 742. The molecule has 0 bridgehead atoms. The van der Waals surface area contributed by atoms with E-state index in [4.69, 9.17) is 34.8 Å². The van der Waals surface area contributed by atoms with E-state index in [-0.39, 0.29) is 21.5 Å². The van der Waals surface area contributed by atoms with Crippen LogP contribution in [-0.4, -0.2) is 19.8 Å². The van der Waals surface area contributed by atoms with E-state index in [1.165, 1.54) is 23.5 Å². The molecule has 0 aliphatic carbocycles. The zero-order valence-electron chi connectivity index (χ0n) is 11.1. The van der Waals surface area contributed by atoms with Gasteiger partial charge in [-0.25, -0.2) is 8.42 Å². The second kappa shape index (κ2) is 6.55. The van der Waals surface area contributed by atoms with Gasteiger partial charge in [0.25, 0.3) is 0 Å². The molecular formula is C14H12Cl3NO2S. The fraction of sp³-hybridized carbons (Fsp3) is 0.143. The molecule has 0 atom stereocenters. The van der Waals surface area contributed by atoms with Gasteiger partial charge in [0, 0.05) is 18.6 Å². The summed E-state index contributed by atoms with van der Waals surface area (Å²) >= 11 is 17.8. The highest BCUT2D eigenvalue weighted by Crippen LogP contribution is 2.31. The van der Waals surface area contributed by atoms with Crippen LogP contribution in [0.15, 0.2) is 47.4 Å². The Balaban J connectivity index is 2.35. The van der Waals surface area contributed by atoms with Crippen molar-refractivity contribution in [3.8, 4) is 0 Å². The van der Waals surface area contributed by atoms with Crippen molar-refractivity contribution in [2.24, 2.45) is 0 Å². The van der Waals surface area contributed by atoms with Crippen molar-refractivity contribution in [3.63, 3.8) is 0 Å². The lowest BCUT2D eigenvalue weighted by Gasteiger charge is -2.19. The van der Waals surface area contributed by atoms with Crippen LogP contribution in [0, 0.1) is 0 Å². The van der Waals surface area contributed by atoms with E-state index in [1.807, 2.05) is 0 Å². The molecule has 0 saturated heterocycles. The molecule has 0 radical (unpaired) electrons. The number of halogens is 3. The van der Waals surface area contributed by atoms with Crippen LogP contribution < -0.4 is 0 Å². The van der Waals surface area contributed by atoms with Gasteiger partial charge >= 0.3 is 0 Å². The average Bonchev–Trinajstić information content (AvgIpc) is 2.38. The predicted molar refractivity (Wildman–Crippen MR) is 86.6 cm³/mol. The number of rotatable bonds is 4. The van der Waals surface area contributed by atoms with Gasteiger partial charge in [0.2, 0.25) is 10.0 Å². The van der Waals surface area contributed by atoms with Gasteiger partial charge in [-0.3, -0.25) is 0 Å². The molecule has 0 N–H and O–H groups in total. The molecule has 3 nitrogen and oxygen atoms in total. The van der Waals surface area contributed by atoms with Crippen molar-refractivity contribution >= 4 is 44.8 Å². The zero-order valence-corrected chi connectivity index (χ0v) is 14.1.